The molecule has 0 fully saturated rings. The van der Waals surface area contributed by atoms with Gasteiger partial charge in [0.1, 0.15) is 10.8 Å². The molecule has 0 spiro atoms. The third kappa shape index (κ3) is 5.05. The maximum atomic E-state index is 12.2. The van der Waals surface area contributed by atoms with Crippen LogP contribution in [0.2, 0.25) is 0 Å². The standard InChI is InChI=1S/C25H24N2O2S/c1-2-3-6-18-9-13-20(14-10-18)26-24(28)17-29-21-15-11-19(12-16-21)25-27-22-7-4-5-8-23(22)30-25/h4-5,7-16H,2-3,6,17H2,1H3,(H,26,28). The quantitative estimate of drug-likeness (QED) is 0.365. The first kappa shape index (κ1) is 20.1. The first-order valence-electron chi connectivity index (χ1n) is 10.2. The van der Waals surface area contributed by atoms with Crippen LogP contribution in [0.5, 0.6) is 5.75 Å². The Labute approximate surface area is 180 Å². The third-order valence-corrected chi connectivity index (χ3v) is 5.91. The minimum Gasteiger partial charge on any atom is -0.484 e. The van der Waals surface area contributed by atoms with Gasteiger partial charge in [-0.1, -0.05) is 37.6 Å². The number of hydrogen-bond donors (Lipinski definition) is 1. The number of thiazole rings is 1. The summed E-state index contributed by atoms with van der Waals surface area (Å²) in [6.07, 6.45) is 3.43. The first-order chi connectivity index (χ1) is 14.7. The Morgan fingerprint density at radius 2 is 1.77 bits per heavy atom. The van der Waals surface area contributed by atoms with Crippen LogP contribution in [0.4, 0.5) is 5.69 Å². The van der Waals surface area contributed by atoms with Crippen molar-refractivity contribution in [2.45, 2.75) is 26.2 Å². The largest absolute Gasteiger partial charge is 0.484 e. The van der Waals surface area contributed by atoms with Crippen LogP contribution >= 0.6 is 11.3 Å². The van der Waals surface area contributed by atoms with E-state index >= 15 is 0 Å². The molecular weight excluding hydrogens is 392 g/mol. The van der Waals surface area contributed by atoms with Crippen molar-refractivity contribution in [2.24, 2.45) is 0 Å². The fourth-order valence-corrected chi connectivity index (χ4v) is 4.14. The molecule has 0 atom stereocenters. The molecular formula is C25H24N2O2S. The molecule has 30 heavy (non-hydrogen) atoms. The van der Waals surface area contributed by atoms with Gasteiger partial charge in [-0.2, -0.15) is 0 Å². The van der Waals surface area contributed by atoms with Crippen LogP contribution < -0.4 is 10.1 Å². The minimum atomic E-state index is -0.174. The van der Waals surface area contributed by atoms with Crippen LogP contribution in [0.1, 0.15) is 25.3 Å². The predicted molar refractivity (Wildman–Crippen MR) is 124 cm³/mol. The Bertz CT molecular complexity index is 1090. The van der Waals surface area contributed by atoms with Crippen molar-refractivity contribution in [1.82, 2.24) is 4.98 Å². The summed E-state index contributed by atoms with van der Waals surface area (Å²) >= 11 is 1.66. The normalized spacial score (nSPS) is 10.8. The number of benzene rings is 3. The van der Waals surface area contributed by atoms with Crippen molar-refractivity contribution in [3.05, 3.63) is 78.4 Å². The topological polar surface area (TPSA) is 51.2 Å². The number of rotatable bonds is 8. The summed E-state index contributed by atoms with van der Waals surface area (Å²) in [4.78, 5) is 16.9. The number of carbonyl (C=O) groups excluding carboxylic acids is 1. The van der Waals surface area contributed by atoms with Gasteiger partial charge in [-0.15, -0.1) is 11.3 Å². The average molecular weight is 417 g/mol. The maximum Gasteiger partial charge on any atom is 0.262 e. The van der Waals surface area contributed by atoms with E-state index in [9.17, 15) is 4.79 Å². The van der Waals surface area contributed by atoms with Gasteiger partial charge in [0.05, 0.1) is 10.2 Å². The molecule has 4 nitrogen and oxygen atoms in total. The molecule has 1 N–H and O–H groups in total. The van der Waals surface area contributed by atoms with E-state index in [1.54, 1.807) is 11.3 Å². The number of para-hydroxylation sites is 1. The summed E-state index contributed by atoms with van der Waals surface area (Å²) in [5.41, 5.74) is 4.12. The summed E-state index contributed by atoms with van der Waals surface area (Å²) in [7, 11) is 0. The summed E-state index contributed by atoms with van der Waals surface area (Å²) in [6.45, 7) is 2.15. The van der Waals surface area contributed by atoms with Gasteiger partial charge in [0.2, 0.25) is 0 Å². The van der Waals surface area contributed by atoms with E-state index in [1.807, 2.05) is 54.6 Å². The fraction of sp³-hybridized carbons (Fsp3) is 0.200. The maximum absolute atomic E-state index is 12.2. The Balaban J connectivity index is 1.30. The SMILES string of the molecule is CCCCc1ccc(NC(=O)COc2ccc(-c3nc4ccccc4s3)cc2)cc1. The van der Waals surface area contributed by atoms with Crippen LogP contribution in [-0.2, 0) is 11.2 Å². The molecule has 0 bridgehead atoms. The number of nitrogens with zero attached hydrogens (tertiary/aromatic N) is 1. The van der Waals surface area contributed by atoms with Crippen LogP contribution in [0.25, 0.3) is 20.8 Å². The first-order valence-corrected chi connectivity index (χ1v) is 11.0. The van der Waals surface area contributed by atoms with Gasteiger partial charge in [-0.3, -0.25) is 4.79 Å². The molecule has 4 rings (SSSR count). The van der Waals surface area contributed by atoms with Crippen molar-refractivity contribution in [2.75, 3.05) is 11.9 Å². The molecule has 3 aromatic carbocycles. The lowest BCUT2D eigenvalue weighted by atomic mass is 10.1. The molecule has 1 amide bonds. The van der Waals surface area contributed by atoms with Crippen LogP contribution in [-0.4, -0.2) is 17.5 Å². The van der Waals surface area contributed by atoms with E-state index in [-0.39, 0.29) is 12.5 Å². The van der Waals surface area contributed by atoms with Gasteiger partial charge in [0.15, 0.2) is 6.61 Å². The number of ether oxygens (including phenoxy) is 1. The second kappa shape index (κ2) is 9.55. The lowest BCUT2D eigenvalue weighted by Gasteiger charge is -2.08. The number of anilines is 1. The fourth-order valence-electron chi connectivity index (χ4n) is 3.17. The number of unbranched alkanes of at least 4 members (excludes halogenated alkanes) is 1. The van der Waals surface area contributed by atoms with Crippen molar-refractivity contribution in [1.29, 1.82) is 0 Å². The lowest BCUT2D eigenvalue weighted by molar-refractivity contribution is -0.118. The molecule has 0 saturated heterocycles. The van der Waals surface area contributed by atoms with Crippen LogP contribution in [0.15, 0.2) is 72.8 Å². The van der Waals surface area contributed by atoms with Crippen LogP contribution in [0, 0.1) is 0 Å². The molecule has 0 saturated carbocycles. The van der Waals surface area contributed by atoms with Gasteiger partial charge in [-0.05, 0) is 66.9 Å². The molecule has 1 aromatic heterocycles. The van der Waals surface area contributed by atoms with Gasteiger partial charge < -0.3 is 10.1 Å². The zero-order valence-electron chi connectivity index (χ0n) is 16.9. The molecule has 0 aliphatic rings. The number of carbonyl (C=O) groups is 1. The third-order valence-electron chi connectivity index (χ3n) is 4.82. The van der Waals surface area contributed by atoms with E-state index in [2.05, 4.69) is 35.4 Å². The number of aryl methyl sites for hydroxylation is 1. The second-order valence-electron chi connectivity index (χ2n) is 7.15. The number of amides is 1. The predicted octanol–water partition coefficient (Wildman–Crippen LogP) is 6.32. The zero-order chi connectivity index (χ0) is 20.8. The highest BCUT2D eigenvalue weighted by molar-refractivity contribution is 7.21. The monoisotopic (exact) mass is 416 g/mol. The van der Waals surface area contributed by atoms with E-state index in [0.717, 1.165) is 28.2 Å². The molecule has 0 aliphatic carbocycles. The zero-order valence-corrected chi connectivity index (χ0v) is 17.7. The summed E-state index contributed by atoms with van der Waals surface area (Å²) in [5.74, 6) is 0.483. The number of fused-ring (bicyclic) bond motifs is 1. The Kier molecular flexibility index (Phi) is 6.40. The van der Waals surface area contributed by atoms with E-state index in [0.29, 0.717) is 5.75 Å². The van der Waals surface area contributed by atoms with Gasteiger partial charge in [0.25, 0.3) is 5.91 Å². The van der Waals surface area contributed by atoms with E-state index < -0.39 is 0 Å². The number of aromatic nitrogens is 1. The van der Waals surface area contributed by atoms with Crippen molar-refractivity contribution >= 4 is 33.1 Å². The number of nitrogens with one attached hydrogen (secondary N) is 1. The summed E-state index contributed by atoms with van der Waals surface area (Å²) < 4.78 is 6.81. The molecule has 4 aromatic rings. The summed E-state index contributed by atoms with van der Waals surface area (Å²) in [5, 5.41) is 3.85. The second-order valence-corrected chi connectivity index (χ2v) is 8.18. The van der Waals surface area contributed by atoms with Crippen LogP contribution in [0.3, 0.4) is 0 Å². The molecule has 5 heteroatoms. The van der Waals surface area contributed by atoms with Crippen molar-refractivity contribution in [3.63, 3.8) is 0 Å². The van der Waals surface area contributed by atoms with E-state index in [4.69, 9.17) is 4.74 Å². The number of hydrogen-bond acceptors (Lipinski definition) is 4. The average Bonchev–Trinajstić information content (AvgIpc) is 3.22. The molecule has 1 heterocycles. The molecule has 0 unspecified atom stereocenters. The van der Waals surface area contributed by atoms with Gasteiger partial charge in [-0.25, -0.2) is 4.98 Å². The minimum absolute atomic E-state index is 0.0297. The lowest BCUT2D eigenvalue weighted by Crippen LogP contribution is -2.20. The highest BCUT2D eigenvalue weighted by Gasteiger charge is 2.07. The molecule has 152 valence electrons. The molecule has 0 aliphatic heterocycles. The molecule has 0 radical (unpaired) electrons. The van der Waals surface area contributed by atoms with E-state index in [1.165, 1.54) is 23.1 Å². The van der Waals surface area contributed by atoms with Crippen molar-refractivity contribution < 1.29 is 9.53 Å². The Morgan fingerprint density at radius 1 is 1.00 bits per heavy atom. The summed E-state index contributed by atoms with van der Waals surface area (Å²) in [6, 6.07) is 23.8. The Morgan fingerprint density at radius 3 is 2.50 bits per heavy atom. The highest BCUT2D eigenvalue weighted by atomic mass is 32.1. The highest BCUT2D eigenvalue weighted by Crippen LogP contribution is 2.30. The smallest absolute Gasteiger partial charge is 0.262 e. The van der Waals surface area contributed by atoms with Crippen molar-refractivity contribution in [3.8, 4) is 16.3 Å². The van der Waals surface area contributed by atoms with Gasteiger partial charge >= 0.3 is 0 Å². The van der Waals surface area contributed by atoms with Gasteiger partial charge in [0, 0.05) is 11.3 Å². The Hall–Kier alpha value is -3.18.